The maximum atomic E-state index is 11.1. The average Bonchev–Trinajstić information content (AvgIpc) is 2.43. The number of guanidine groups is 1. The number of unbranched alkanes of at least 4 members (excludes halogenated alkanes) is 6. The van der Waals surface area contributed by atoms with Crippen LogP contribution in [0.4, 0.5) is 0 Å². The van der Waals surface area contributed by atoms with E-state index in [1.807, 2.05) is 0 Å². The number of carbonyl (C=O) groups is 1. The maximum absolute atomic E-state index is 11.1. The molecule has 6 heteroatoms. The summed E-state index contributed by atoms with van der Waals surface area (Å²) in [6, 6.07) is -0.501. The standard InChI is InChI=1S/C15H32N4O2/c1-2-3-4-5-6-7-8-11-18-13(14(20)21)10-9-12-19-15(16)17/h13,18H,2-12H2,1H3,(H,20,21)(H4,16,17,19)/t13-/m0/s1. The Balaban J connectivity index is 3.61. The fourth-order valence-electron chi connectivity index (χ4n) is 2.17. The average molecular weight is 300 g/mol. The zero-order chi connectivity index (χ0) is 15.9. The molecule has 0 aromatic carbocycles. The van der Waals surface area contributed by atoms with Crippen molar-refractivity contribution in [1.82, 2.24) is 5.32 Å². The molecule has 0 aromatic rings. The number of hydrogen-bond acceptors (Lipinski definition) is 3. The molecular formula is C15H32N4O2. The molecule has 0 aliphatic rings. The molecule has 0 saturated carbocycles. The Bertz CT molecular complexity index is 291. The van der Waals surface area contributed by atoms with Crippen molar-refractivity contribution in [2.75, 3.05) is 13.1 Å². The highest BCUT2D eigenvalue weighted by molar-refractivity contribution is 5.75. The second-order valence-electron chi connectivity index (χ2n) is 5.42. The maximum Gasteiger partial charge on any atom is 0.320 e. The SMILES string of the molecule is CCCCCCCCCN[C@@H](CCCN=C(N)N)C(=O)O. The highest BCUT2D eigenvalue weighted by Gasteiger charge is 2.15. The molecule has 6 N–H and O–H groups in total. The molecular weight excluding hydrogens is 268 g/mol. The lowest BCUT2D eigenvalue weighted by atomic mass is 10.1. The Morgan fingerprint density at radius 3 is 2.29 bits per heavy atom. The first kappa shape index (κ1) is 19.7. The zero-order valence-electron chi connectivity index (χ0n) is 13.3. The van der Waals surface area contributed by atoms with E-state index in [0.29, 0.717) is 19.4 Å². The van der Waals surface area contributed by atoms with Crippen LogP contribution >= 0.6 is 0 Å². The number of aliphatic carboxylic acids is 1. The van der Waals surface area contributed by atoms with Gasteiger partial charge in [0.1, 0.15) is 6.04 Å². The lowest BCUT2D eigenvalue weighted by molar-refractivity contribution is -0.139. The molecule has 1 atom stereocenters. The molecule has 0 bridgehead atoms. The summed E-state index contributed by atoms with van der Waals surface area (Å²) in [5.41, 5.74) is 10.4. The van der Waals surface area contributed by atoms with E-state index in [1.54, 1.807) is 0 Å². The van der Waals surface area contributed by atoms with E-state index in [-0.39, 0.29) is 5.96 Å². The molecule has 0 fully saturated rings. The van der Waals surface area contributed by atoms with Gasteiger partial charge in [0.15, 0.2) is 5.96 Å². The molecule has 0 aliphatic heterocycles. The first-order valence-corrected chi connectivity index (χ1v) is 8.09. The first-order chi connectivity index (χ1) is 10.1. The van der Waals surface area contributed by atoms with Gasteiger partial charge in [-0.1, -0.05) is 45.4 Å². The third kappa shape index (κ3) is 13.4. The number of carboxylic acid groups (broad SMARTS) is 1. The van der Waals surface area contributed by atoms with E-state index in [2.05, 4.69) is 17.2 Å². The van der Waals surface area contributed by atoms with Crippen LogP contribution in [0.2, 0.25) is 0 Å². The Labute approximate surface area is 128 Å². The summed E-state index contributed by atoms with van der Waals surface area (Å²) >= 11 is 0. The van der Waals surface area contributed by atoms with Crippen molar-refractivity contribution in [3.8, 4) is 0 Å². The quantitative estimate of drug-likeness (QED) is 0.222. The van der Waals surface area contributed by atoms with E-state index in [4.69, 9.17) is 16.6 Å². The van der Waals surface area contributed by atoms with Crippen molar-refractivity contribution in [1.29, 1.82) is 0 Å². The molecule has 0 amide bonds. The van der Waals surface area contributed by atoms with Crippen LogP contribution in [-0.4, -0.2) is 36.2 Å². The number of nitrogens with two attached hydrogens (primary N) is 2. The zero-order valence-corrected chi connectivity index (χ0v) is 13.3. The van der Waals surface area contributed by atoms with Gasteiger partial charge in [0, 0.05) is 6.54 Å². The van der Waals surface area contributed by atoms with Gasteiger partial charge in [-0.05, 0) is 25.8 Å². The van der Waals surface area contributed by atoms with Gasteiger partial charge in [-0.25, -0.2) is 0 Å². The molecule has 0 rings (SSSR count). The van der Waals surface area contributed by atoms with Gasteiger partial charge in [-0.2, -0.15) is 0 Å². The van der Waals surface area contributed by atoms with Crippen LogP contribution in [0.5, 0.6) is 0 Å². The minimum absolute atomic E-state index is 0.0536. The van der Waals surface area contributed by atoms with Crippen LogP contribution in [-0.2, 0) is 4.79 Å². The lowest BCUT2D eigenvalue weighted by Crippen LogP contribution is -2.37. The Kier molecular flexibility index (Phi) is 12.8. The predicted octanol–water partition coefficient (Wildman–Crippen LogP) is 1.83. The summed E-state index contributed by atoms with van der Waals surface area (Å²) in [7, 11) is 0. The van der Waals surface area contributed by atoms with Crippen molar-refractivity contribution in [2.24, 2.45) is 16.5 Å². The molecule has 6 nitrogen and oxygen atoms in total. The van der Waals surface area contributed by atoms with Crippen LogP contribution in [0, 0.1) is 0 Å². The van der Waals surface area contributed by atoms with Gasteiger partial charge in [-0.15, -0.1) is 0 Å². The largest absolute Gasteiger partial charge is 0.480 e. The van der Waals surface area contributed by atoms with Crippen molar-refractivity contribution in [3.05, 3.63) is 0 Å². The van der Waals surface area contributed by atoms with Gasteiger partial charge >= 0.3 is 5.97 Å². The highest BCUT2D eigenvalue weighted by Crippen LogP contribution is 2.06. The number of nitrogens with one attached hydrogen (secondary N) is 1. The van der Waals surface area contributed by atoms with E-state index >= 15 is 0 Å². The lowest BCUT2D eigenvalue weighted by Gasteiger charge is -2.13. The molecule has 0 radical (unpaired) electrons. The Hall–Kier alpha value is -1.30. The molecule has 0 unspecified atom stereocenters. The van der Waals surface area contributed by atoms with Crippen LogP contribution in [0.15, 0.2) is 4.99 Å². The normalized spacial score (nSPS) is 12.0. The summed E-state index contributed by atoms with van der Waals surface area (Å²) in [6.07, 6.45) is 9.82. The minimum atomic E-state index is -0.803. The monoisotopic (exact) mass is 300 g/mol. The van der Waals surface area contributed by atoms with E-state index in [1.165, 1.54) is 32.1 Å². The second kappa shape index (κ2) is 13.7. The smallest absolute Gasteiger partial charge is 0.320 e. The molecule has 0 heterocycles. The summed E-state index contributed by atoms with van der Waals surface area (Å²) < 4.78 is 0. The van der Waals surface area contributed by atoms with E-state index in [0.717, 1.165) is 19.4 Å². The molecule has 0 spiro atoms. The van der Waals surface area contributed by atoms with Crippen molar-refractivity contribution < 1.29 is 9.90 Å². The number of carboxylic acids is 1. The number of aliphatic imine (C=N–C) groups is 1. The summed E-state index contributed by atoms with van der Waals surface area (Å²) in [5.74, 6) is -0.749. The Morgan fingerprint density at radius 1 is 1.10 bits per heavy atom. The Morgan fingerprint density at radius 2 is 1.71 bits per heavy atom. The number of hydrogen-bond donors (Lipinski definition) is 4. The van der Waals surface area contributed by atoms with Gasteiger partial charge in [0.05, 0.1) is 0 Å². The van der Waals surface area contributed by atoms with Gasteiger partial charge in [-0.3, -0.25) is 9.79 Å². The van der Waals surface area contributed by atoms with E-state index in [9.17, 15) is 4.79 Å². The van der Waals surface area contributed by atoms with Crippen molar-refractivity contribution in [2.45, 2.75) is 70.8 Å². The van der Waals surface area contributed by atoms with Gasteiger partial charge < -0.3 is 21.9 Å². The van der Waals surface area contributed by atoms with Crippen molar-refractivity contribution in [3.63, 3.8) is 0 Å². The third-order valence-electron chi connectivity index (χ3n) is 3.41. The predicted molar refractivity (Wildman–Crippen MR) is 87.3 cm³/mol. The second-order valence-corrected chi connectivity index (χ2v) is 5.42. The minimum Gasteiger partial charge on any atom is -0.480 e. The first-order valence-electron chi connectivity index (χ1n) is 8.09. The van der Waals surface area contributed by atoms with E-state index < -0.39 is 12.0 Å². The van der Waals surface area contributed by atoms with Crippen LogP contribution in [0.3, 0.4) is 0 Å². The van der Waals surface area contributed by atoms with Crippen LogP contribution in [0.1, 0.15) is 64.7 Å². The molecule has 0 saturated heterocycles. The van der Waals surface area contributed by atoms with Gasteiger partial charge in [0.2, 0.25) is 0 Å². The molecule has 0 aromatic heterocycles. The fraction of sp³-hybridized carbons (Fsp3) is 0.867. The highest BCUT2D eigenvalue weighted by atomic mass is 16.4. The van der Waals surface area contributed by atoms with Crippen LogP contribution in [0.25, 0.3) is 0 Å². The summed E-state index contributed by atoms with van der Waals surface area (Å²) in [5, 5.41) is 12.2. The molecule has 21 heavy (non-hydrogen) atoms. The summed E-state index contributed by atoms with van der Waals surface area (Å²) in [4.78, 5) is 15.0. The molecule has 124 valence electrons. The summed E-state index contributed by atoms with van der Waals surface area (Å²) in [6.45, 7) is 3.45. The topological polar surface area (TPSA) is 114 Å². The van der Waals surface area contributed by atoms with Crippen LogP contribution < -0.4 is 16.8 Å². The number of nitrogens with zero attached hydrogens (tertiary/aromatic N) is 1. The number of rotatable bonds is 14. The van der Waals surface area contributed by atoms with Gasteiger partial charge in [0.25, 0.3) is 0 Å². The molecule has 0 aliphatic carbocycles. The third-order valence-corrected chi connectivity index (χ3v) is 3.41. The van der Waals surface area contributed by atoms with Crippen molar-refractivity contribution >= 4 is 11.9 Å². The fourth-order valence-corrected chi connectivity index (χ4v) is 2.17.